The first kappa shape index (κ1) is 23.1. The number of nitrogens with zero attached hydrogens (tertiary/aromatic N) is 1. The first-order chi connectivity index (χ1) is 12.6. The topological polar surface area (TPSA) is 69.6 Å². The van der Waals surface area contributed by atoms with E-state index in [1.807, 2.05) is 24.3 Å². The summed E-state index contributed by atoms with van der Waals surface area (Å²) < 4.78 is 23.5. The fraction of sp³-hybridized carbons (Fsp3) is 0.700. The standard InChI is InChI=1S/C20H36N2O3S/c1-3-5-6-7-8-15-22(4-2)16-9-10-20(23)19-13-11-18(12-14-19)17-21-26(24)25/h11-14,20,23,26H,3-10,15-17H2,1-2H3,(H,21,24,25). The number of benzene rings is 1. The molecule has 1 rings (SSSR count). The van der Waals surface area contributed by atoms with Gasteiger partial charge in [0.15, 0.2) is 0 Å². The van der Waals surface area contributed by atoms with Gasteiger partial charge in [0.1, 0.15) is 0 Å². The predicted octanol–water partition coefficient (Wildman–Crippen LogP) is 3.41. The first-order valence-corrected chi connectivity index (χ1v) is 11.1. The number of nitrogens with one attached hydrogen (secondary N) is 1. The number of aliphatic hydroxyl groups excluding tert-OH is 1. The van der Waals surface area contributed by atoms with E-state index in [0.717, 1.165) is 43.6 Å². The summed E-state index contributed by atoms with van der Waals surface area (Å²) in [5, 5.41) is 10.4. The third-order valence-corrected chi connectivity index (χ3v) is 5.17. The molecule has 0 saturated heterocycles. The second kappa shape index (κ2) is 14.2. The molecule has 0 radical (unpaired) electrons. The first-order valence-electron chi connectivity index (χ1n) is 9.94. The van der Waals surface area contributed by atoms with Gasteiger partial charge < -0.3 is 10.0 Å². The lowest BCUT2D eigenvalue weighted by molar-refractivity contribution is 0.155. The number of unbranched alkanes of at least 4 members (excludes halogenated alkanes) is 4. The van der Waals surface area contributed by atoms with Crippen LogP contribution in [0.15, 0.2) is 24.3 Å². The molecule has 0 fully saturated rings. The van der Waals surface area contributed by atoms with Gasteiger partial charge in [0.25, 0.3) is 0 Å². The quantitative estimate of drug-likeness (QED) is 0.320. The van der Waals surface area contributed by atoms with Crippen LogP contribution in [0.25, 0.3) is 0 Å². The Bertz CT molecular complexity index is 538. The minimum Gasteiger partial charge on any atom is -0.388 e. The molecule has 5 nitrogen and oxygen atoms in total. The lowest BCUT2D eigenvalue weighted by Gasteiger charge is -2.21. The largest absolute Gasteiger partial charge is 0.388 e. The highest BCUT2D eigenvalue weighted by molar-refractivity contribution is 7.70. The summed E-state index contributed by atoms with van der Waals surface area (Å²) in [5.41, 5.74) is 1.78. The van der Waals surface area contributed by atoms with Crippen LogP contribution in [0.2, 0.25) is 0 Å². The molecular weight excluding hydrogens is 348 g/mol. The van der Waals surface area contributed by atoms with E-state index in [4.69, 9.17) is 0 Å². The number of hydrogen-bond acceptors (Lipinski definition) is 4. The molecule has 26 heavy (non-hydrogen) atoms. The summed E-state index contributed by atoms with van der Waals surface area (Å²) in [6.07, 6.45) is 7.80. The molecule has 0 spiro atoms. The molecule has 0 saturated carbocycles. The highest BCUT2D eigenvalue weighted by Gasteiger charge is 2.09. The summed E-state index contributed by atoms with van der Waals surface area (Å²) in [7, 11) is -2.57. The Kier molecular flexibility index (Phi) is 12.6. The van der Waals surface area contributed by atoms with Gasteiger partial charge in [0.2, 0.25) is 10.9 Å². The van der Waals surface area contributed by atoms with E-state index in [2.05, 4.69) is 23.5 Å². The van der Waals surface area contributed by atoms with Gasteiger partial charge in [-0.3, -0.25) is 0 Å². The Balaban J connectivity index is 2.28. The minimum absolute atomic E-state index is 0.290. The van der Waals surface area contributed by atoms with Crippen LogP contribution < -0.4 is 4.72 Å². The molecule has 1 aromatic carbocycles. The zero-order valence-corrected chi connectivity index (χ0v) is 17.2. The number of hydrogen-bond donors (Lipinski definition) is 3. The molecule has 6 heteroatoms. The third-order valence-electron chi connectivity index (χ3n) is 4.75. The van der Waals surface area contributed by atoms with Gasteiger partial charge in [0, 0.05) is 6.54 Å². The van der Waals surface area contributed by atoms with Crippen molar-refractivity contribution in [2.24, 2.45) is 0 Å². The zero-order valence-electron chi connectivity index (χ0n) is 16.3. The van der Waals surface area contributed by atoms with Crippen molar-refractivity contribution in [2.45, 2.75) is 71.4 Å². The Morgan fingerprint density at radius 1 is 1.00 bits per heavy atom. The Labute approximate surface area is 160 Å². The summed E-state index contributed by atoms with van der Waals surface area (Å²) in [6, 6.07) is 7.48. The fourth-order valence-electron chi connectivity index (χ4n) is 3.06. The molecule has 0 amide bonds. The highest BCUT2D eigenvalue weighted by atomic mass is 32.2. The maximum Gasteiger partial charge on any atom is 0.201 e. The molecule has 0 aliphatic rings. The van der Waals surface area contributed by atoms with E-state index in [-0.39, 0.29) is 0 Å². The third kappa shape index (κ3) is 10.3. The van der Waals surface area contributed by atoms with E-state index in [9.17, 15) is 13.5 Å². The van der Waals surface area contributed by atoms with Crippen molar-refractivity contribution in [1.29, 1.82) is 0 Å². The highest BCUT2D eigenvalue weighted by Crippen LogP contribution is 2.19. The molecule has 1 atom stereocenters. The SMILES string of the molecule is CCCCCCCN(CC)CCCC(O)c1ccc(CN[SH](=O)=O)cc1. The van der Waals surface area contributed by atoms with Crippen molar-refractivity contribution >= 4 is 10.9 Å². The summed E-state index contributed by atoms with van der Waals surface area (Å²) in [6.45, 7) is 7.97. The van der Waals surface area contributed by atoms with Crippen molar-refractivity contribution < 1.29 is 13.5 Å². The molecular formula is C20H36N2O3S. The molecule has 0 aliphatic heterocycles. The number of rotatable bonds is 15. The molecule has 0 bridgehead atoms. The monoisotopic (exact) mass is 384 g/mol. The van der Waals surface area contributed by atoms with Crippen LogP contribution >= 0.6 is 0 Å². The predicted molar refractivity (Wildman–Crippen MR) is 109 cm³/mol. The van der Waals surface area contributed by atoms with E-state index >= 15 is 0 Å². The van der Waals surface area contributed by atoms with E-state index in [1.165, 1.54) is 32.1 Å². The maximum absolute atomic E-state index is 10.5. The average molecular weight is 385 g/mol. The van der Waals surface area contributed by atoms with E-state index in [0.29, 0.717) is 6.54 Å². The Morgan fingerprint density at radius 2 is 1.65 bits per heavy atom. The Morgan fingerprint density at radius 3 is 2.27 bits per heavy atom. The van der Waals surface area contributed by atoms with Crippen molar-refractivity contribution in [1.82, 2.24) is 9.62 Å². The minimum atomic E-state index is -2.57. The van der Waals surface area contributed by atoms with Crippen LogP contribution in [0.3, 0.4) is 0 Å². The van der Waals surface area contributed by atoms with Gasteiger partial charge >= 0.3 is 0 Å². The lowest BCUT2D eigenvalue weighted by atomic mass is 10.0. The fourth-order valence-corrected chi connectivity index (χ4v) is 3.37. The van der Waals surface area contributed by atoms with Crippen LogP contribution in [0, 0.1) is 0 Å². The second-order valence-electron chi connectivity index (χ2n) is 6.84. The van der Waals surface area contributed by atoms with Crippen molar-refractivity contribution in [2.75, 3.05) is 19.6 Å². The molecule has 1 unspecified atom stereocenters. The Hall–Kier alpha value is -0.950. The van der Waals surface area contributed by atoms with E-state index in [1.54, 1.807) is 0 Å². The second-order valence-corrected chi connectivity index (χ2v) is 7.67. The molecule has 0 heterocycles. The van der Waals surface area contributed by atoms with E-state index < -0.39 is 17.0 Å². The van der Waals surface area contributed by atoms with Crippen molar-refractivity contribution in [3.8, 4) is 0 Å². The summed E-state index contributed by atoms with van der Waals surface area (Å²) in [4.78, 5) is 2.47. The van der Waals surface area contributed by atoms with Crippen LogP contribution in [-0.4, -0.2) is 38.1 Å². The van der Waals surface area contributed by atoms with Gasteiger partial charge in [-0.05, 0) is 50.0 Å². The van der Waals surface area contributed by atoms with Crippen LogP contribution in [-0.2, 0) is 17.4 Å². The summed E-state index contributed by atoms with van der Waals surface area (Å²) >= 11 is 0. The lowest BCUT2D eigenvalue weighted by Crippen LogP contribution is -2.26. The zero-order chi connectivity index (χ0) is 19.2. The molecule has 150 valence electrons. The maximum atomic E-state index is 10.5. The van der Waals surface area contributed by atoms with Crippen molar-refractivity contribution in [3.63, 3.8) is 0 Å². The molecule has 0 aliphatic carbocycles. The van der Waals surface area contributed by atoms with Gasteiger partial charge in [-0.25, -0.2) is 13.1 Å². The number of aliphatic hydroxyl groups is 1. The van der Waals surface area contributed by atoms with Gasteiger partial charge in [-0.1, -0.05) is 63.8 Å². The van der Waals surface area contributed by atoms with Crippen LogP contribution in [0.1, 0.15) is 76.0 Å². The molecule has 1 aromatic rings. The van der Waals surface area contributed by atoms with Crippen LogP contribution in [0.4, 0.5) is 0 Å². The molecule has 0 aromatic heterocycles. The number of thiol groups is 1. The molecule has 2 N–H and O–H groups in total. The normalized spacial score (nSPS) is 12.8. The van der Waals surface area contributed by atoms with Crippen LogP contribution in [0.5, 0.6) is 0 Å². The van der Waals surface area contributed by atoms with Crippen molar-refractivity contribution in [3.05, 3.63) is 35.4 Å². The van der Waals surface area contributed by atoms with Gasteiger partial charge in [0.05, 0.1) is 6.10 Å². The smallest absolute Gasteiger partial charge is 0.201 e. The van der Waals surface area contributed by atoms with Gasteiger partial charge in [-0.15, -0.1) is 0 Å². The summed E-state index contributed by atoms with van der Waals surface area (Å²) in [5.74, 6) is 0. The average Bonchev–Trinajstić information content (AvgIpc) is 2.65. The van der Waals surface area contributed by atoms with Gasteiger partial charge in [-0.2, -0.15) is 0 Å².